The van der Waals surface area contributed by atoms with Gasteiger partial charge in [0.1, 0.15) is 0 Å². The highest BCUT2D eigenvalue weighted by Crippen LogP contribution is 2.37. The van der Waals surface area contributed by atoms with Gasteiger partial charge in [0.25, 0.3) is 0 Å². The molecule has 1 fully saturated rings. The van der Waals surface area contributed by atoms with E-state index in [1.165, 1.54) is 0 Å². The molecule has 126 valence electrons. The molecule has 1 atom stereocenters. The summed E-state index contributed by atoms with van der Waals surface area (Å²) in [6, 6.07) is 9.63. The van der Waals surface area contributed by atoms with Gasteiger partial charge in [-0.1, -0.05) is 30.3 Å². The Bertz CT molecular complexity index is 520. The molecule has 1 saturated carbocycles. The molecule has 1 aliphatic rings. The van der Waals surface area contributed by atoms with E-state index in [1.54, 1.807) is 7.11 Å². The van der Waals surface area contributed by atoms with Gasteiger partial charge in [0.15, 0.2) is 0 Å². The number of hydrogen-bond donors (Lipinski definition) is 2. The average Bonchev–Trinajstić information content (AvgIpc) is 2.49. The Hall–Kier alpha value is -1.88. The summed E-state index contributed by atoms with van der Waals surface area (Å²) < 4.78 is 5.49. The minimum atomic E-state index is -0.843. The van der Waals surface area contributed by atoms with E-state index in [2.05, 4.69) is 5.32 Å². The maximum atomic E-state index is 12.3. The Morgan fingerprint density at radius 1 is 1.30 bits per heavy atom. The molecule has 5 heteroatoms. The average molecular weight is 319 g/mol. The molecule has 1 amide bonds. The number of amides is 1. The van der Waals surface area contributed by atoms with E-state index >= 15 is 0 Å². The Morgan fingerprint density at radius 2 is 2.00 bits per heavy atom. The van der Waals surface area contributed by atoms with Crippen LogP contribution in [0.5, 0.6) is 0 Å². The predicted octanol–water partition coefficient (Wildman–Crippen LogP) is 2.54. The predicted molar refractivity (Wildman–Crippen MR) is 87.2 cm³/mol. The number of hydrogen-bond acceptors (Lipinski definition) is 3. The van der Waals surface area contributed by atoms with Gasteiger partial charge in [-0.25, -0.2) is 0 Å². The summed E-state index contributed by atoms with van der Waals surface area (Å²) in [4.78, 5) is 23.2. The molecule has 0 saturated heterocycles. The van der Waals surface area contributed by atoms with Crippen LogP contribution in [0.25, 0.3) is 0 Å². The van der Waals surface area contributed by atoms with Gasteiger partial charge in [-0.15, -0.1) is 0 Å². The Labute approximate surface area is 137 Å². The topological polar surface area (TPSA) is 75.6 Å². The molecule has 23 heavy (non-hydrogen) atoms. The van der Waals surface area contributed by atoms with E-state index < -0.39 is 5.97 Å². The number of methoxy groups -OCH3 is 1. The summed E-state index contributed by atoms with van der Waals surface area (Å²) in [5.41, 5.74) is 0.780. The van der Waals surface area contributed by atoms with Crippen LogP contribution in [0.15, 0.2) is 30.3 Å². The minimum Gasteiger partial charge on any atom is -0.481 e. The molecule has 2 N–H and O–H groups in total. The van der Waals surface area contributed by atoms with Gasteiger partial charge in [0.2, 0.25) is 5.91 Å². The lowest BCUT2D eigenvalue weighted by Gasteiger charge is -2.40. The van der Waals surface area contributed by atoms with Crippen molar-refractivity contribution in [2.75, 3.05) is 7.11 Å². The van der Waals surface area contributed by atoms with Gasteiger partial charge in [-0.05, 0) is 37.7 Å². The quantitative estimate of drug-likeness (QED) is 0.733. The number of carbonyl (C=O) groups is 2. The zero-order chi connectivity index (χ0) is 16.7. The van der Waals surface area contributed by atoms with Crippen molar-refractivity contribution in [3.63, 3.8) is 0 Å². The fourth-order valence-electron chi connectivity index (χ4n) is 3.02. The van der Waals surface area contributed by atoms with Crippen molar-refractivity contribution in [1.82, 2.24) is 5.32 Å². The first-order chi connectivity index (χ1) is 11.0. The van der Waals surface area contributed by atoms with Crippen LogP contribution in [-0.4, -0.2) is 35.7 Å². The molecule has 1 aromatic carbocycles. The monoisotopic (exact) mass is 319 g/mol. The second kappa shape index (κ2) is 8.11. The number of ether oxygens (including phenoxy) is 1. The van der Waals surface area contributed by atoms with Crippen molar-refractivity contribution in [3.8, 4) is 0 Å². The summed E-state index contributed by atoms with van der Waals surface area (Å²) in [6.07, 6.45) is 4.38. The SMILES string of the molecule is COC1(CC(=O)NC(CCC(=O)O)Cc2ccccc2)CCC1. The fourth-order valence-corrected chi connectivity index (χ4v) is 3.02. The molecule has 5 nitrogen and oxygen atoms in total. The first-order valence-electron chi connectivity index (χ1n) is 8.13. The maximum absolute atomic E-state index is 12.3. The highest BCUT2D eigenvalue weighted by atomic mass is 16.5. The summed E-state index contributed by atoms with van der Waals surface area (Å²) in [5, 5.41) is 11.9. The third kappa shape index (κ3) is 5.36. The molecule has 2 rings (SSSR count). The number of carbonyl (C=O) groups excluding carboxylic acids is 1. The van der Waals surface area contributed by atoms with Crippen LogP contribution in [-0.2, 0) is 20.7 Å². The second-order valence-corrected chi connectivity index (χ2v) is 6.30. The summed E-state index contributed by atoms with van der Waals surface area (Å²) in [7, 11) is 1.65. The number of rotatable bonds is 9. The smallest absolute Gasteiger partial charge is 0.303 e. The molecule has 0 bridgehead atoms. The van der Waals surface area contributed by atoms with Crippen LogP contribution in [0, 0.1) is 0 Å². The van der Waals surface area contributed by atoms with E-state index in [-0.39, 0.29) is 24.0 Å². The standard InChI is InChI=1S/C18H25NO4/c1-23-18(10-5-11-18)13-16(20)19-15(8-9-17(21)22)12-14-6-3-2-4-7-14/h2-4,6-7,15H,5,8-13H2,1H3,(H,19,20)(H,21,22). The van der Waals surface area contributed by atoms with Crippen molar-refractivity contribution in [1.29, 1.82) is 0 Å². The van der Waals surface area contributed by atoms with E-state index in [0.717, 1.165) is 24.8 Å². The number of nitrogens with one attached hydrogen (secondary N) is 1. The summed E-state index contributed by atoms with van der Waals surface area (Å²) in [6.45, 7) is 0. The number of carboxylic acids is 1. The third-order valence-electron chi connectivity index (χ3n) is 4.58. The van der Waals surface area contributed by atoms with Gasteiger partial charge in [-0.3, -0.25) is 9.59 Å². The third-order valence-corrected chi connectivity index (χ3v) is 4.58. The minimum absolute atomic E-state index is 0.0488. The lowest BCUT2D eigenvalue weighted by atomic mass is 9.77. The number of benzene rings is 1. The lowest BCUT2D eigenvalue weighted by molar-refractivity contribution is -0.138. The molecule has 0 heterocycles. The number of aliphatic carboxylic acids is 1. The van der Waals surface area contributed by atoms with Crippen molar-refractivity contribution >= 4 is 11.9 Å². The first-order valence-corrected chi connectivity index (χ1v) is 8.13. The molecular weight excluding hydrogens is 294 g/mol. The zero-order valence-electron chi connectivity index (χ0n) is 13.6. The lowest BCUT2D eigenvalue weighted by Crippen LogP contribution is -2.46. The summed E-state index contributed by atoms with van der Waals surface area (Å²) >= 11 is 0. The van der Waals surface area contributed by atoms with Crippen LogP contribution in [0.1, 0.15) is 44.1 Å². The molecule has 0 radical (unpaired) electrons. The molecule has 1 aromatic rings. The van der Waals surface area contributed by atoms with Crippen molar-refractivity contribution in [2.45, 2.75) is 56.6 Å². The van der Waals surface area contributed by atoms with Crippen LogP contribution in [0.2, 0.25) is 0 Å². The van der Waals surface area contributed by atoms with Crippen molar-refractivity contribution in [2.24, 2.45) is 0 Å². The van der Waals surface area contributed by atoms with Gasteiger partial charge >= 0.3 is 5.97 Å². The van der Waals surface area contributed by atoms with Crippen LogP contribution >= 0.6 is 0 Å². The molecule has 0 aliphatic heterocycles. The molecular formula is C18H25NO4. The Balaban J connectivity index is 1.93. The number of carboxylic acid groups (broad SMARTS) is 1. The van der Waals surface area contributed by atoms with Crippen molar-refractivity contribution < 1.29 is 19.4 Å². The van der Waals surface area contributed by atoms with Crippen LogP contribution < -0.4 is 5.32 Å². The normalized spacial score (nSPS) is 17.1. The van der Waals surface area contributed by atoms with Crippen molar-refractivity contribution in [3.05, 3.63) is 35.9 Å². The van der Waals surface area contributed by atoms with E-state index in [9.17, 15) is 9.59 Å². The molecule has 1 aliphatic carbocycles. The second-order valence-electron chi connectivity index (χ2n) is 6.30. The van der Waals surface area contributed by atoms with Gasteiger partial charge in [-0.2, -0.15) is 0 Å². The molecule has 0 aromatic heterocycles. The van der Waals surface area contributed by atoms with E-state index in [1.807, 2.05) is 30.3 Å². The van der Waals surface area contributed by atoms with E-state index in [0.29, 0.717) is 19.3 Å². The van der Waals surface area contributed by atoms with Crippen LogP contribution in [0.3, 0.4) is 0 Å². The highest BCUT2D eigenvalue weighted by molar-refractivity contribution is 5.77. The Morgan fingerprint density at radius 3 is 2.52 bits per heavy atom. The van der Waals surface area contributed by atoms with E-state index in [4.69, 9.17) is 9.84 Å². The summed E-state index contributed by atoms with van der Waals surface area (Å²) in [5.74, 6) is -0.900. The maximum Gasteiger partial charge on any atom is 0.303 e. The largest absolute Gasteiger partial charge is 0.481 e. The Kier molecular flexibility index (Phi) is 6.16. The van der Waals surface area contributed by atoms with Gasteiger partial charge in [0, 0.05) is 19.6 Å². The van der Waals surface area contributed by atoms with Gasteiger partial charge in [0.05, 0.1) is 12.0 Å². The zero-order valence-corrected chi connectivity index (χ0v) is 13.6. The van der Waals surface area contributed by atoms with Crippen LogP contribution in [0.4, 0.5) is 0 Å². The first kappa shape index (κ1) is 17.5. The molecule has 1 unspecified atom stereocenters. The molecule has 0 spiro atoms. The van der Waals surface area contributed by atoms with Gasteiger partial charge < -0.3 is 15.2 Å². The highest BCUT2D eigenvalue weighted by Gasteiger charge is 2.39. The fraction of sp³-hybridized carbons (Fsp3) is 0.556.